The normalized spacial score (nSPS) is 8.68. The number of nitrogens with one attached hydrogen (secondary N) is 1. The molecule has 0 fully saturated rings. The van der Waals surface area contributed by atoms with Crippen molar-refractivity contribution < 1.29 is 50.0 Å². The second-order valence-electron chi connectivity index (χ2n) is 4.66. The molecule has 0 atom stereocenters. The zero-order valence-corrected chi connectivity index (χ0v) is 23.6. The second kappa shape index (κ2) is 16.5. The number of nitrogens with two attached hydrogens (primary N) is 1. The number of halogens is 3. The number of alkyl halides is 1. The van der Waals surface area contributed by atoms with Crippen molar-refractivity contribution >= 4 is 77.8 Å². The van der Waals surface area contributed by atoms with Gasteiger partial charge in [-0.2, -0.15) is 0 Å². The topological polar surface area (TPSA) is 90.6 Å². The summed E-state index contributed by atoms with van der Waals surface area (Å²) in [4.78, 5) is 24.1. The molecule has 3 N–H and O–H groups in total. The number of esters is 2. The molecular weight excluding hydrogens is 618 g/mol. The zero-order valence-electron chi connectivity index (χ0n) is 17.3. The number of methoxy groups -OCH3 is 2. The Labute approximate surface area is 219 Å². The summed E-state index contributed by atoms with van der Waals surface area (Å²) >= 11 is 8.72. The first kappa shape index (κ1) is 29.9. The molecule has 2 aromatic carbocycles. The number of ether oxygens (including phenoxy) is 2. The molecular formula is C18H22Br2IN2NaO4. The number of rotatable bonds is 3. The molecule has 0 aliphatic carbocycles. The molecule has 0 aliphatic rings. The van der Waals surface area contributed by atoms with E-state index in [1.54, 1.807) is 43.4 Å². The molecule has 150 valence electrons. The molecule has 0 heterocycles. The summed E-state index contributed by atoms with van der Waals surface area (Å²) in [6.45, 7) is 0. The number of carbonyl (C=O) groups is 2. The molecule has 0 bridgehead atoms. The largest absolute Gasteiger partial charge is 1.00 e. The maximum absolute atomic E-state index is 11.1. The van der Waals surface area contributed by atoms with Crippen molar-refractivity contribution in [3.63, 3.8) is 0 Å². The van der Waals surface area contributed by atoms with Crippen LogP contribution in [0.2, 0.25) is 0 Å². The van der Waals surface area contributed by atoms with Crippen molar-refractivity contribution in [1.29, 1.82) is 0 Å². The Bertz CT molecular complexity index is 786. The van der Waals surface area contributed by atoms with E-state index in [1.165, 1.54) is 14.2 Å². The number of anilines is 2. The Morgan fingerprint density at radius 2 is 1.39 bits per heavy atom. The van der Waals surface area contributed by atoms with Crippen LogP contribution < -0.4 is 40.6 Å². The molecule has 0 aromatic heterocycles. The third-order valence-corrected chi connectivity index (χ3v) is 4.49. The van der Waals surface area contributed by atoms with E-state index >= 15 is 0 Å². The second-order valence-corrected chi connectivity index (χ2v) is 6.37. The first-order chi connectivity index (χ1) is 12.8. The van der Waals surface area contributed by atoms with Crippen LogP contribution in [-0.4, -0.2) is 38.1 Å². The third-order valence-electron chi connectivity index (χ3n) is 3.07. The summed E-state index contributed by atoms with van der Waals surface area (Å²) in [6, 6.07) is 10.2. The fraction of sp³-hybridized carbons (Fsp3) is 0.222. The Morgan fingerprint density at radius 3 is 1.79 bits per heavy atom. The van der Waals surface area contributed by atoms with Gasteiger partial charge in [-0.3, -0.25) is 0 Å². The summed E-state index contributed by atoms with van der Waals surface area (Å²) in [5.74, 6) is -0.710. The van der Waals surface area contributed by atoms with Crippen LogP contribution in [0.25, 0.3) is 0 Å². The fourth-order valence-corrected chi connectivity index (χ4v) is 2.44. The molecule has 10 heteroatoms. The van der Waals surface area contributed by atoms with Crippen LogP contribution in [0.15, 0.2) is 45.3 Å². The molecule has 0 saturated heterocycles. The van der Waals surface area contributed by atoms with Crippen molar-refractivity contribution in [2.24, 2.45) is 0 Å². The molecule has 6 nitrogen and oxygen atoms in total. The standard InChI is InChI=1S/C9H10BrNO2.C8H8BrNO2.CH3I.Na.H/c1-11-8-5-6(9(12)13-2)3-4-7(8)10;1-12-8(11)5-2-3-6(9)7(10)4-5;1-2;;/h3-5,11H,1-2H3;2-4H,10H2,1H3;1H3;;/q;;;+1;-1. The van der Waals surface area contributed by atoms with Gasteiger partial charge in [-0.05, 0) is 73.2 Å². The van der Waals surface area contributed by atoms with E-state index in [0.29, 0.717) is 16.8 Å². The van der Waals surface area contributed by atoms with Crippen LogP contribution in [0, 0.1) is 0 Å². The number of benzene rings is 2. The average Bonchev–Trinajstić information content (AvgIpc) is 2.71. The molecule has 2 aromatic rings. The predicted molar refractivity (Wildman–Crippen MR) is 126 cm³/mol. The third kappa shape index (κ3) is 9.93. The van der Waals surface area contributed by atoms with Crippen molar-refractivity contribution in [1.82, 2.24) is 0 Å². The molecule has 2 rings (SSSR count). The Kier molecular flexibility index (Phi) is 17.6. The molecule has 0 unspecified atom stereocenters. The van der Waals surface area contributed by atoms with Crippen LogP contribution in [0.3, 0.4) is 0 Å². The molecule has 28 heavy (non-hydrogen) atoms. The molecule has 0 saturated carbocycles. The summed E-state index contributed by atoms with van der Waals surface area (Å²) in [5, 5.41) is 2.96. The summed E-state index contributed by atoms with van der Waals surface area (Å²) in [5.41, 5.74) is 7.94. The number of hydrogen-bond acceptors (Lipinski definition) is 6. The molecule has 0 spiro atoms. The zero-order chi connectivity index (χ0) is 21.0. The predicted octanol–water partition coefficient (Wildman–Crippen LogP) is 2.26. The Morgan fingerprint density at radius 1 is 0.964 bits per heavy atom. The van der Waals surface area contributed by atoms with E-state index < -0.39 is 0 Å². The summed E-state index contributed by atoms with van der Waals surface area (Å²) < 4.78 is 10.8. The maximum Gasteiger partial charge on any atom is 1.00 e. The van der Waals surface area contributed by atoms with Crippen LogP contribution in [0.4, 0.5) is 11.4 Å². The van der Waals surface area contributed by atoms with Crippen LogP contribution in [0.1, 0.15) is 22.1 Å². The van der Waals surface area contributed by atoms with E-state index in [1.807, 2.05) is 4.93 Å². The minimum Gasteiger partial charge on any atom is -1.00 e. The number of nitrogen functional groups attached to an aromatic ring is 1. The Hall–Kier alpha value is -0.330. The van der Waals surface area contributed by atoms with Gasteiger partial charge in [0.05, 0.1) is 25.3 Å². The summed E-state index contributed by atoms with van der Waals surface area (Å²) in [7, 11) is 4.49. The molecule has 0 aliphatic heterocycles. The first-order valence-electron chi connectivity index (χ1n) is 7.40. The van der Waals surface area contributed by atoms with Gasteiger partial charge in [0.15, 0.2) is 0 Å². The van der Waals surface area contributed by atoms with E-state index in [0.717, 1.165) is 14.6 Å². The first-order valence-corrected chi connectivity index (χ1v) is 11.1. The van der Waals surface area contributed by atoms with Crippen molar-refractivity contribution in [2.45, 2.75) is 0 Å². The van der Waals surface area contributed by atoms with Gasteiger partial charge in [-0.15, -0.1) is 0 Å². The number of hydrogen-bond donors (Lipinski definition) is 2. The minimum absolute atomic E-state index is 0. The van der Waals surface area contributed by atoms with Crippen molar-refractivity contribution in [3.8, 4) is 0 Å². The van der Waals surface area contributed by atoms with E-state index in [4.69, 9.17) is 5.73 Å². The van der Waals surface area contributed by atoms with Crippen LogP contribution >= 0.6 is 54.5 Å². The average molecular weight is 640 g/mol. The minimum atomic E-state index is -0.380. The summed E-state index contributed by atoms with van der Waals surface area (Å²) in [6.07, 6.45) is 0. The molecule has 0 radical (unpaired) electrons. The van der Waals surface area contributed by atoms with Gasteiger partial charge in [0.1, 0.15) is 0 Å². The maximum atomic E-state index is 11.1. The van der Waals surface area contributed by atoms with Crippen molar-refractivity contribution in [3.05, 3.63) is 56.5 Å². The van der Waals surface area contributed by atoms with Crippen LogP contribution in [0.5, 0.6) is 0 Å². The van der Waals surface area contributed by atoms with Gasteiger partial charge in [-0.1, -0.05) is 22.6 Å². The fourth-order valence-electron chi connectivity index (χ4n) is 1.75. The van der Waals surface area contributed by atoms with Gasteiger partial charge in [0.25, 0.3) is 0 Å². The van der Waals surface area contributed by atoms with Crippen LogP contribution in [-0.2, 0) is 9.47 Å². The monoisotopic (exact) mass is 638 g/mol. The molecule has 0 amide bonds. The smallest absolute Gasteiger partial charge is 1.00 e. The van der Waals surface area contributed by atoms with E-state index in [9.17, 15) is 9.59 Å². The van der Waals surface area contributed by atoms with Gasteiger partial charge in [0, 0.05) is 27.4 Å². The SMILES string of the molecule is CI.CNc1cc(C(=O)OC)ccc1Br.COC(=O)c1ccc(Br)c(N)c1.[H-].[Na+]. The quantitative estimate of drug-likeness (QED) is 0.176. The van der Waals surface area contributed by atoms with Crippen molar-refractivity contribution in [2.75, 3.05) is 37.2 Å². The van der Waals surface area contributed by atoms with E-state index in [2.05, 4.69) is 69.2 Å². The van der Waals surface area contributed by atoms with Gasteiger partial charge in [-0.25, -0.2) is 9.59 Å². The van der Waals surface area contributed by atoms with Gasteiger partial charge in [0.2, 0.25) is 0 Å². The Balaban J connectivity index is -0.000000404. The van der Waals surface area contributed by atoms with Gasteiger partial charge >= 0.3 is 41.5 Å². The van der Waals surface area contributed by atoms with Gasteiger partial charge < -0.3 is 22.0 Å². The van der Waals surface area contributed by atoms with E-state index in [-0.39, 0.29) is 42.9 Å². The number of carbonyl (C=O) groups excluding carboxylic acids is 2.